The number of hydrogen-bond acceptors (Lipinski definition) is 13. The molecule has 0 aromatic heterocycles. The number of hydrogen-bond donors (Lipinski definition) is 3. The largest absolute Gasteiger partial charge is 0.508 e. The molecule has 0 aliphatic heterocycles. The summed E-state index contributed by atoms with van der Waals surface area (Å²) >= 11 is 0. The summed E-state index contributed by atoms with van der Waals surface area (Å²) in [4.78, 5) is 23.5. The molecule has 0 heterocycles. The third-order valence-corrected chi connectivity index (χ3v) is 27.5. The van der Waals surface area contributed by atoms with Gasteiger partial charge in [-0.1, -0.05) is 285 Å². The van der Waals surface area contributed by atoms with Crippen LogP contribution in [0.1, 0.15) is 451 Å². The van der Waals surface area contributed by atoms with Crippen LogP contribution in [0.2, 0.25) is 0 Å². The molecule has 5 saturated carbocycles. The Labute approximate surface area is 792 Å². The molecule has 9 atom stereocenters. The van der Waals surface area contributed by atoms with Gasteiger partial charge in [-0.3, -0.25) is 9.59 Å². The van der Waals surface area contributed by atoms with Crippen molar-refractivity contribution in [1.82, 2.24) is 0 Å². The van der Waals surface area contributed by atoms with E-state index in [2.05, 4.69) is 188 Å². The molecule has 7 aromatic carbocycles. The Kier molecular flexibility index (Phi) is 57.9. The number of phenols is 3. The Morgan fingerprint density at radius 1 is 0.285 bits per heavy atom. The first-order valence-corrected chi connectivity index (χ1v) is 51.4. The van der Waals surface area contributed by atoms with Crippen LogP contribution in [0.25, 0.3) is 0 Å². The van der Waals surface area contributed by atoms with Gasteiger partial charge >= 0.3 is 11.9 Å². The normalized spacial score (nSPS) is 17.1. The van der Waals surface area contributed by atoms with Crippen LogP contribution in [0, 0.1) is 10.8 Å². The van der Waals surface area contributed by atoms with Crippen molar-refractivity contribution in [1.29, 1.82) is 0 Å². The second-order valence-electron chi connectivity index (χ2n) is 38.7. The van der Waals surface area contributed by atoms with Gasteiger partial charge in [-0.25, -0.2) is 0 Å². The number of aromatic hydroxyl groups is 3. The highest BCUT2D eigenvalue weighted by Crippen LogP contribution is 2.34. The lowest BCUT2D eigenvalue weighted by Gasteiger charge is -2.27. The van der Waals surface area contributed by atoms with Gasteiger partial charge in [0.25, 0.3) is 0 Å². The van der Waals surface area contributed by atoms with Crippen molar-refractivity contribution < 1.29 is 62.8 Å². The Morgan fingerprint density at radius 2 is 0.500 bits per heavy atom. The second kappa shape index (κ2) is 65.7. The minimum Gasteiger partial charge on any atom is -0.508 e. The van der Waals surface area contributed by atoms with Crippen LogP contribution < -0.4 is 14.2 Å². The van der Waals surface area contributed by atoms with E-state index in [1.54, 1.807) is 36.4 Å². The molecule has 0 amide bonds. The van der Waals surface area contributed by atoms with Crippen molar-refractivity contribution >= 4 is 11.9 Å². The van der Waals surface area contributed by atoms with Gasteiger partial charge in [0.05, 0.1) is 29.1 Å². The first kappa shape index (κ1) is 114. The van der Waals surface area contributed by atoms with E-state index in [4.69, 9.17) is 53.2 Å². The molecule has 7 aromatic rings. The molecule has 0 saturated heterocycles. The zero-order valence-corrected chi connectivity index (χ0v) is 85.5. The molecular weight excluding hydrogens is 1610 g/mol. The highest BCUT2D eigenvalue weighted by atomic mass is 16.7. The zero-order valence-electron chi connectivity index (χ0n) is 85.5. The Morgan fingerprint density at radius 3 is 0.738 bits per heavy atom. The molecule has 5 fully saturated rings. The minimum absolute atomic E-state index is 0.0214. The highest BCUT2D eigenvalue weighted by Gasteiger charge is 2.32. The Hall–Kier alpha value is -7.84. The molecular formula is C117H182O13. The standard InChI is InChI=1S/2C18H28O2.C17H26O2.2C12H22O2.3C10H14O.C10H14/c2*1-4-14(2)16-10-12-18(13-11-16)20-15(3)19-17-8-6-5-7-9-17;1-3-14(2)15-9-11-17(12-10-15)19-13-18-16-7-5-4-6-8-16;2*1-4-12(2,3)11(13)14-10-8-6-5-7-9-10;3*1-3-8(2)9-4-6-10(11)7-5-9;1-3-9(2)10-7-5-4-6-8-10/h2*10-15,17H,4-9H2,1-3H3;9-12,14,16H,3-8,13H2,1-2H3;2*10H,4-9H2,1-3H3;3*4-8,11H,3H2,1-2H3;4-9H,3H2,1-2H3. The van der Waals surface area contributed by atoms with E-state index in [0.29, 0.717) is 83.8 Å². The van der Waals surface area contributed by atoms with Gasteiger partial charge in [0.2, 0.25) is 0 Å². The van der Waals surface area contributed by atoms with E-state index in [-0.39, 0.29) is 47.6 Å². The van der Waals surface area contributed by atoms with Crippen LogP contribution in [-0.2, 0) is 33.3 Å². The summed E-state index contributed by atoms with van der Waals surface area (Å²) in [5, 5.41) is 27.0. The number of rotatable bonds is 32. The van der Waals surface area contributed by atoms with Crippen molar-refractivity contribution in [2.24, 2.45) is 10.8 Å². The summed E-state index contributed by atoms with van der Waals surface area (Å²) in [6.45, 7) is 47.2. The highest BCUT2D eigenvalue weighted by molar-refractivity contribution is 5.76. The van der Waals surface area contributed by atoms with E-state index in [9.17, 15) is 9.59 Å². The van der Waals surface area contributed by atoms with E-state index < -0.39 is 0 Å². The number of carbonyl (C=O) groups excluding carboxylic acids is 2. The number of esters is 2. The Bertz CT molecular complexity index is 3680. The molecule has 13 nitrogen and oxygen atoms in total. The maximum absolute atomic E-state index is 11.7. The van der Waals surface area contributed by atoms with Crippen LogP contribution in [0.3, 0.4) is 0 Å². The lowest BCUT2D eigenvalue weighted by molar-refractivity contribution is -0.162. The molecule has 728 valence electrons. The average molecular weight is 1800 g/mol. The summed E-state index contributed by atoms with van der Waals surface area (Å²) in [5.41, 5.74) is 8.85. The summed E-state index contributed by atoms with van der Waals surface area (Å²) in [5.74, 6) is 8.03. The lowest BCUT2D eigenvalue weighted by Crippen LogP contribution is -2.31. The quantitative estimate of drug-likeness (QED) is 0.0269. The maximum Gasteiger partial charge on any atom is 0.311 e. The van der Waals surface area contributed by atoms with Gasteiger partial charge in [0.1, 0.15) is 46.7 Å². The number of benzene rings is 7. The maximum atomic E-state index is 11.7. The van der Waals surface area contributed by atoms with Crippen molar-refractivity contribution in [2.45, 2.75) is 455 Å². The number of ether oxygens (including phenoxy) is 8. The van der Waals surface area contributed by atoms with Crippen molar-refractivity contribution in [3.63, 3.8) is 0 Å². The smallest absolute Gasteiger partial charge is 0.311 e. The molecule has 3 N–H and O–H groups in total. The summed E-state index contributed by atoms with van der Waals surface area (Å²) in [6, 6.07) is 58.2. The van der Waals surface area contributed by atoms with Gasteiger partial charge in [-0.05, 0) is 342 Å². The molecule has 5 aliphatic carbocycles. The van der Waals surface area contributed by atoms with Gasteiger partial charge in [0.15, 0.2) is 19.4 Å². The second-order valence-corrected chi connectivity index (χ2v) is 38.7. The average Bonchev–Trinajstić information content (AvgIpc) is 0.877. The summed E-state index contributed by atoms with van der Waals surface area (Å²) in [6.07, 6.45) is 41.7. The fourth-order valence-electron chi connectivity index (χ4n) is 15.6. The van der Waals surface area contributed by atoms with Crippen LogP contribution in [0.15, 0.2) is 176 Å². The van der Waals surface area contributed by atoms with Crippen molar-refractivity contribution in [3.8, 4) is 34.5 Å². The van der Waals surface area contributed by atoms with Gasteiger partial charge < -0.3 is 53.2 Å². The zero-order chi connectivity index (χ0) is 95.7. The molecule has 12 rings (SSSR count). The number of phenolic OH excluding ortho intramolecular Hbond substituents is 3. The predicted octanol–water partition coefficient (Wildman–Crippen LogP) is 33.9. The van der Waals surface area contributed by atoms with Crippen LogP contribution in [0.4, 0.5) is 0 Å². The lowest BCUT2D eigenvalue weighted by atomic mass is 9.90. The van der Waals surface area contributed by atoms with Crippen LogP contribution in [-0.4, -0.2) is 77.2 Å². The Balaban J connectivity index is 0.000000310. The molecule has 130 heavy (non-hydrogen) atoms. The molecule has 0 spiro atoms. The molecule has 0 radical (unpaired) electrons. The summed E-state index contributed by atoms with van der Waals surface area (Å²) in [7, 11) is 0. The topological polar surface area (TPSA) is 169 Å². The first-order chi connectivity index (χ1) is 62.3. The molecule has 9 unspecified atom stereocenters. The van der Waals surface area contributed by atoms with E-state index >= 15 is 0 Å². The molecule has 0 bridgehead atoms. The third kappa shape index (κ3) is 47.2. The van der Waals surface area contributed by atoms with Crippen molar-refractivity contribution in [2.75, 3.05) is 6.79 Å². The minimum atomic E-state index is -0.308. The molecule has 13 heteroatoms. The SMILES string of the molecule is CCC(C)(C)C(=O)OC1CCCCC1.CCC(C)(C)C(=O)OC1CCCCC1.CCC(C)c1ccc(O)cc1.CCC(C)c1ccc(O)cc1.CCC(C)c1ccc(O)cc1.CCC(C)c1ccc(OC(C)OC2CCCCC2)cc1.CCC(C)c1ccc(OC(C)OC2CCCCC2)cc1.CCC(C)c1ccc(OCOC2CCCCC2)cc1.CCC(C)c1ccccc1. The predicted molar refractivity (Wildman–Crippen MR) is 545 cm³/mol. The third-order valence-electron chi connectivity index (χ3n) is 27.5. The van der Waals surface area contributed by atoms with Gasteiger partial charge in [-0.2, -0.15) is 0 Å². The van der Waals surface area contributed by atoms with Crippen LogP contribution in [0.5, 0.6) is 34.5 Å². The van der Waals surface area contributed by atoms with E-state index in [1.807, 2.05) is 104 Å². The summed E-state index contributed by atoms with van der Waals surface area (Å²) < 4.78 is 46.1. The van der Waals surface area contributed by atoms with Gasteiger partial charge in [0, 0.05) is 0 Å². The number of carbonyl (C=O) groups is 2. The van der Waals surface area contributed by atoms with E-state index in [0.717, 1.165) is 75.0 Å². The van der Waals surface area contributed by atoms with Gasteiger partial charge in [-0.15, -0.1) is 0 Å². The fraction of sp³-hybridized carbons (Fsp3) is 0.624. The van der Waals surface area contributed by atoms with E-state index in [1.165, 1.54) is 199 Å². The van der Waals surface area contributed by atoms with Crippen molar-refractivity contribution in [3.05, 3.63) is 215 Å². The first-order valence-electron chi connectivity index (χ1n) is 51.4. The molecule has 5 aliphatic rings. The fourth-order valence-corrected chi connectivity index (χ4v) is 15.6. The monoisotopic (exact) mass is 1800 g/mol. The van der Waals surface area contributed by atoms with Crippen LogP contribution >= 0.6 is 0 Å².